The first-order chi connectivity index (χ1) is 12.8. The van der Waals surface area contributed by atoms with Gasteiger partial charge in [0.15, 0.2) is 17.3 Å². The standard InChI is InChI=1S/C19H14F4N4/c1-12(13-7-9-15(20)10-8-13)26-27-17-11-16(19(21,22)23)24-18(25-17)14-5-3-2-4-6-14/h2-11H,1H3,(H,24,25,27). The molecule has 4 nitrogen and oxygen atoms in total. The van der Waals surface area contributed by atoms with Crippen molar-refractivity contribution in [2.24, 2.45) is 5.10 Å². The third-order valence-corrected chi connectivity index (χ3v) is 3.65. The molecule has 0 aliphatic rings. The normalized spacial score (nSPS) is 12.1. The van der Waals surface area contributed by atoms with Gasteiger partial charge in [-0.25, -0.2) is 14.4 Å². The van der Waals surface area contributed by atoms with Crippen molar-refractivity contribution in [3.63, 3.8) is 0 Å². The zero-order chi connectivity index (χ0) is 19.4. The van der Waals surface area contributed by atoms with Gasteiger partial charge in [0.2, 0.25) is 0 Å². The molecule has 0 atom stereocenters. The Hall–Kier alpha value is -3.29. The second-order valence-electron chi connectivity index (χ2n) is 5.64. The van der Waals surface area contributed by atoms with E-state index in [1.54, 1.807) is 37.3 Å². The van der Waals surface area contributed by atoms with Crippen LogP contribution < -0.4 is 5.43 Å². The van der Waals surface area contributed by atoms with Gasteiger partial charge in [0.05, 0.1) is 5.71 Å². The molecular weight excluding hydrogens is 360 g/mol. The summed E-state index contributed by atoms with van der Waals surface area (Å²) in [5.41, 5.74) is 2.98. The van der Waals surface area contributed by atoms with E-state index in [9.17, 15) is 17.6 Å². The number of rotatable bonds is 4. The molecule has 0 radical (unpaired) electrons. The second-order valence-corrected chi connectivity index (χ2v) is 5.64. The Labute approximate surface area is 152 Å². The first-order valence-electron chi connectivity index (χ1n) is 7.91. The minimum Gasteiger partial charge on any atom is -0.261 e. The predicted molar refractivity (Wildman–Crippen MR) is 94.7 cm³/mol. The monoisotopic (exact) mass is 374 g/mol. The molecule has 1 N–H and O–H groups in total. The summed E-state index contributed by atoms with van der Waals surface area (Å²) in [7, 11) is 0. The van der Waals surface area contributed by atoms with Gasteiger partial charge in [0, 0.05) is 11.6 Å². The van der Waals surface area contributed by atoms with Crippen molar-refractivity contribution in [2.75, 3.05) is 5.43 Å². The number of hydrazone groups is 1. The third-order valence-electron chi connectivity index (χ3n) is 3.65. The molecule has 0 saturated carbocycles. The van der Waals surface area contributed by atoms with E-state index in [1.807, 2.05) is 0 Å². The number of hydrogen-bond donors (Lipinski definition) is 1. The van der Waals surface area contributed by atoms with E-state index < -0.39 is 17.7 Å². The maximum Gasteiger partial charge on any atom is 0.433 e. The molecule has 0 saturated heterocycles. The zero-order valence-electron chi connectivity index (χ0n) is 14.1. The van der Waals surface area contributed by atoms with Crippen LogP contribution in [0.3, 0.4) is 0 Å². The maximum absolute atomic E-state index is 13.2. The van der Waals surface area contributed by atoms with Crippen molar-refractivity contribution in [2.45, 2.75) is 13.1 Å². The molecule has 0 fully saturated rings. The lowest BCUT2D eigenvalue weighted by atomic mass is 10.1. The van der Waals surface area contributed by atoms with Crippen LogP contribution in [0.2, 0.25) is 0 Å². The highest BCUT2D eigenvalue weighted by atomic mass is 19.4. The Bertz CT molecular complexity index is 952. The summed E-state index contributed by atoms with van der Waals surface area (Å²) in [5.74, 6) is -0.558. The lowest BCUT2D eigenvalue weighted by molar-refractivity contribution is -0.141. The van der Waals surface area contributed by atoms with Crippen molar-refractivity contribution in [3.8, 4) is 11.4 Å². The first-order valence-corrected chi connectivity index (χ1v) is 7.91. The van der Waals surface area contributed by atoms with Crippen LogP contribution in [-0.4, -0.2) is 15.7 Å². The number of halogens is 4. The van der Waals surface area contributed by atoms with Gasteiger partial charge in [-0.3, -0.25) is 5.43 Å². The van der Waals surface area contributed by atoms with Gasteiger partial charge in [0.1, 0.15) is 5.82 Å². The Kier molecular flexibility index (Phi) is 5.16. The molecule has 8 heteroatoms. The number of anilines is 1. The fraction of sp³-hybridized carbons (Fsp3) is 0.105. The van der Waals surface area contributed by atoms with Crippen LogP contribution in [-0.2, 0) is 6.18 Å². The van der Waals surface area contributed by atoms with Crippen LogP contribution >= 0.6 is 0 Å². The van der Waals surface area contributed by atoms with E-state index in [-0.39, 0.29) is 11.6 Å². The highest BCUT2D eigenvalue weighted by Gasteiger charge is 2.33. The van der Waals surface area contributed by atoms with Gasteiger partial charge in [-0.1, -0.05) is 42.5 Å². The molecule has 0 aliphatic heterocycles. The number of hydrogen-bond acceptors (Lipinski definition) is 4. The molecule has 0 bridgehead atoms. The van der Waals surface area contributed by atoms with Crippen LogP contribution in [0.1, 0.15) is 18.2 Å². The lowest BCUT2D eigenvalue weighted by Crippen LogP contribution is -2.11. The highest BCUT2D eigenvalue weighted by molar-refractivity contribution is 5.99. The van der Waals surface area contributed by atoms with Gasteiger partial charge in [-0.2, -0.15) is 18.3 Å². The van der Waals surface area contributed by atoms with Crippen LogP contribution in [0.15, 0.2) is 65.8 Å². The van der Waals surface area contributed by atoms with E-state index in [0.717, 1.165) is 6.07 Å². The van der Waals surface area contributed by atoms with Crippen molar-refractivity contribution in [1.29, 1.82) is 0 Å². The molecule has 0 amide bonds. The maximum atomic E-state index is 13.2. The van der Waals surface area contributed by atoms with Crippen molar-refractivity contribution in [3.05, 3.63) is 77.7 Å². The number of aromatic nitrogens is 2. The SMILES string of the molecule is CC(=NNc1cc(C(F)(F)F)nc(-c2ccccc2)n1)c1ccc(F)cc1. The number of nitrogens with zero attached hydrogens (tertiary/aromatic N) is 3. The summed E-state index contributed by atoms with van der Waals surface area (Å²) >= 11 is 0. The number of benzene rings is 2. The molecule has 27 heavy (non-hydrogen) atoms. The Morgan fingerprint density at radius 2 is 1.63 bits per heavy atom. The van der Waals surface area contributed by atoms with Gasteiger partial charge in [-0.05, 0) is 24.6 Å². The van der Waals surface area contributed by atoms with Gasteiger partial charge in [-0.15, -0.1) is 0 Å². The van der Waals surface area contributed by atoms with Crippen LogP contribution in [0, 0.1) is 5.82 Å². The quantitative estimate of drug-likeness (QED) is 0.391. The molecule has 1 aromatic heterocycles. The van der Waals surface area contributed by atoms with E-state index in [1.165, 1.54) is 24.3 Å². The summed E-state index contributed by atoms with van der Waals surface area (Å²) in [5, 5.41) is 4.04. The Morgan fingerprint density at radius 3 is 2.26 bits per heavy atom. The summed E-state index contributed by atoms with van der Waals surface area (Å²) < 4.78 is 52.5. The molecule has 138 valence electrons. The number of alkyl halides is 3. The van der Waals surface area contributed by atoms with Gasteiger partial charge >= 0.3 is 6.18 Å². The minimum absolute atomic E-state index is 0.0671. The average Bonchev–Trinajstić information content (AvgIpc) is 2.66. The summed E-state index contributed by atoms with van der Waals surface area (Å²) in [4.78, 5) is 7.71. The first kappa shape index (κ1) is 18.5. The summed E-state index contributed by atoms with van der Waals surface area (Å²) in [6.45, 7) is 1.64. The molecule has 0 aliphatic carbocycles. The van der Waals surface area contributed by atoms with Crippen molar-refractivity contribution >= 4 is 11.5 Å². The largest absolute Gasteiger partial charge is 0.433 e. The Morgan fingerprint density at radius 1 is 0.963 bits per heavy atom. The second kappa shape index (κ2) is 7.53. The molecule has 1 heterocycles. The molecule has 0 spiro atoms. The van der Waals surface area contributed by atoms with Crippen molar-refractivity contribution < 1.29 is 17.6 Å². The third kappa shape index (κ3) is 4.66. The van der Waals surface area contributed by atoms with Gasteiger partial charge < -0.3 is 0 Å². The minimum atomic E-state index is -4.63. The predicted octanol–water partition coefficient (Wildman–Crippen LogP) is 5.14. The highest BCUT2D eigenvalue weighted by Crippen LogP contribution is 2.30. The van der Waals surface area contributed by atoms with E-state index in [0.29, 0.717) is 16.8 Å². The van der Waals surface area contributed by atoms with Crippen molar-refractivity contribution in [1.82, 2.24) is 9.97 Å². The lowest BCUT2D eigenvalue weighted by Gasteiger charge is -2.10. The van der Waals surface area contributed by atoms with E-state index >= 15 is 0 Å². The average molecular weight is 374 g/mol. The molecular formula is C19H14F4N4. The summed E-state index contributed by atoms with van der Waals surface area (Å²) in [6, 6.07) is 14.7. The fourth-order valence-corrected chi connectivity index (χ4v) is 2.26. The number of nitrogens with one attached hydrogen (secondary N) is 1. The van der Waals surface area contributed by atoms with Crippen LogP contribution in [0.4, 0.5) is 23.4 Å². The van der Waals surface area contributed by atoms with E-state index in [4.69, 9.17) is 0 Å². The zero-order valence-corrected chi connectivity index (χ0v) is 14.1. The summed E-state index contributed by atoms with van der Waals surface area (Å²) in [6.07, 6.45) is -4.63. The molecule has 3 aromatic rings. The molecule has 0 unspecified atom stereocenters. The van der Waals surface area contributed by atoms with Crippen LogP contribution in [0.25, 0.3) is 11.4 Å². The van der Waals surface area contributed by atoms with Crippen LogP contribution in [0.5, 0.6) is 0 Å². The van der Waals surface area contributed by atoms with Gasteiger partial charge in [0.25, 0.3) is 0 Å². The molecule has 2 aromatic carbocycles. The topological polar surface area (TPSA) is 50.2 Å². The smallest absolute Gasteiger partial charge is 0.261 e. The fourth-order valence-electron chi connectivity index (χ4n) is 2.26. The molecule has 3 rings (SSSR count). The Balaban J connectivity index is 1.94. The van der Waals surface area contributed by atoms with E-state index in [2.05, 4.69) is 20.5 Å².